The van der Waals surface area contributed by atoms with Gasteiger partial charge in [0.25, 0.3) is 0 Å². The molecule has 4 rings (SSSR count). The summed E-state index contributed by atoms with van der Waals surface area (Å²) in [6.45, 7) is 7.76. The fraction of sp³-hybridized carbons (Fsp3) is 0.423. The zero-order chi connectivity index (χ0) is 25.0. The fourth-order valence-corrected chi connectivity index (χ4v) is 5.02. The van der Waals surface area contributed by atoms with E-state index in [1.807, 2.05) is 17.4 Å². The quantitative estimate of drug-likeness (QED) is 0.589. The van der Waals surface area contributed by atoms with E-state index in [1.165, 1.54) is 10.4 Å². The maximum absolute atomic E-state index is 13.0. The first kappa shape index (κ1) is 26.6. The molecule has 1 aromatic heterocycles. The number of nitrogens with zero attached hydrogens (tertiary/aromatic N) is 3. The lowest BCUT2D eigenvalue weighted by molar-refractivity contribution is -0.159. The van der Waals surface area contributed by atoms with Crippen molar-refractivity contribution in [3.8, 4) is 0 Å². The Labute approximate surface area is 210 Å². The average molecular weight is 500 g/mol. The molecule has 0 bridgehead atoms. The van der Waals surface area contributed by atoms with Crippen molar-refractivity contribution in [2.24, 2.45) is 5.92 Å². The first-order chi connectivity index (χ1) is 16.9. The number of piperazine rings is 1. The molecule has 0 saturated carbocycles. The van der Waals surface area contributed by atoms with E-state index in [1.54, 1.807) is 0 Å². The highest BCUT2D eigenvalue weighted by Crippen LogP contribution is 2.23. The molecule has 2 aliphatic heterocycles. The molecule has 1 amide bonds. The molecule has 0 radical (unpaired) electrons. The van der Waals surface area contributed by atoms with E-state index in [4.69, 9.17) is 19.8 Å². The van der Waals surface area contributed by atoms with Crippen LogP contribution in [0.3, 0.4) is 0 Å². The second-order valence-electron chi connectivity index (χ2n) is 8.68. The fourth-order valence-electron chi connectivity index (χ4n) is 4.27. The summed E-state index contributed by atoms with van der Waals surface area (Å²) in [7, 11) is 0. The highest BCUT2D eigenvalue weighted by atomic mass is 32.1. The van der Waals surface area contributed by atoms with Crippen LogP contribution in [0, 0.1) is 5.92 Å². The van der Waals surface area contributed by atoms with Crippen LogP contribution in [-0.2, 0) is 20.9 Å². The molecule has 2 saturated heterocycles. The summed E-state index contributed by atoms with van der Waals surface area (Å²) in [5.74, 6) is -3.04. The average Bonchev–Trinajstić information content (AvgIpc) is 3.39. The number of carbonyl (C=O) groups is 3. The van der Waals surface area contributed by atoms with Gasteiger partial charge >= 0.3 is 11.9 Å². The zero-order valence-corrected chi connectivity index (χ0v) is 20.6. The summed E-state index contributed by atoms with van der Waals surface area (Å²) in [6.07, 6.45) is 6.42. The van der Waals surface area contributed by atoms with Gasteiger partial charge in [-0.3, -0.25) is 14.6 Å². The van der Waals surface area contributed by atoms with Gasteiger partial charge in [-0.2, -0.15) is 0 Å². The van der Waals surface area contributed by atoms with Crippen LogP contribution in [0.25, 0.3) is 6.08 Å². The Morgan fingerprint density at radius 3 is 2.09 bits per heavy atom. The molecule has 0 unspecified atom stereocenters. The number of carboxylic acids is 2. The number of amides is 1. The van der Waals surface area contributed by atoms with E-state index < -0.39 is 11.9 Å². The minimum atomic E-state index is -1.82. The van der Waals surface area contributed by atoms with Crippen molar-refractivity contribution < 1.29 is 24.6 Å². The number of carbonyl (C=O) groups excluding carboxylic acids is 1. The molecule has 0 aliphatic carbocycles. The van der Waals surface area contributed by atoms with Crippen LogP contribution in [0.1, 0.15) is 23.3 Å². The highest BCUT2D eigenvalue weighted by molar-refractivity contribution is 7.09. The molecule has 2 fully saturated rings. The van der Waals surface area contributed by atoms with E-state index in [0.29, 0.717) is 5.91 Å². The molecule has 0 spiro atoms. The van der Waals surface area contributed by atoms with Gasteiger partial charge in [-0.1, -0.05) is 48.6 Å². The molecule has 8 nitrogen and oxygen atoms in total. The summed E-state index contributed by atoms with van der Waals surface area (Å²) >= 11 is 1.82. The molecule has 1 aromatic carbocycles. The Morgan fingerprint density at radius 2 is 1.51 bits per heavy atom. The van der Waals surface area contributed by atoms with Crippen molar-refractivity contribution in [1.82, 2.24) is 14.7 Å². The van der Waals surface area contributed by atoms with Crippen LogP contribution in [0.2, 0.25) is 0 Å². The van der Waals surface area contributed by atoms with Gasteiger partial charge in [0.1, 0.15) is 0 Å². The van der Waals surface area contributed by atoms with Crippen LogP contribution >= 0.6 is 11.3 Å². The summed E-state index contributed by atoms with van der Waals surface area (Å²) in [5, 5.41) is 16.9. The van der Waals surface area contributed by atoms with Gasteiger partial charge in [-0.05, 0) is 42.9 Å². The van der Waals surface area contributed by atoms with Gasteiger partial charge < -0.3 is 15.1 Å². The molecule has 188 valence electrons. The van der Waals surface area contributed by atoms with Gasteiger partial charge in [-0.15, -0.1) is 11.3 Å². The third-order valence-electron chi connectivity index (χ3n) is 6.24. The van der Waals surface area contributed by atoms with Crippen LogP contribution in [-0.4, -0.2) is 88.6 Å². The number of hydrogen-bond donors (Lipinski definition) is 2. The Kier molecular flexibility index (Phi) is 10.5. The predicted octanol–water partition coefficient (Wildman–Crippen LogP) is 2.97. The topological polar surface area (TPSA) is 101 Å². The van der Waals surface area contributed by atoms with Crippen LogP contribution < -0.4 is 0 Å². The lowest BCUT2D eigenvalue weighted by atomic mass is 9.95. The van der Waals surface area contributed by atoms with E-state index in [2.05, 4.69) is 68.6 Å². The number of aliphatic carboxylic acids is 2. The maximum atomic E-state index is 13.0. The predicted molar refractivity (Wildman–Crippen MR) is 136 cm³/mol. The summed E-state index contributed by atoms with van der Waals surface area (Å²) in [5.41, 5.74) is 1.24. The van der Waals surface area contributed by atoms with Crippen molar-refractivity contribution in [3.63, 3.8) is 0 Å². The third kappa shape index (κ3) is 8.93. The molecule has 3 heterocycles. The maximum Gasteiger partial charge on any atom is 0.414 e. The van der Waals surface area contributed by atoms with Gasteiger partial charge in [0.05, 0.1) is 0 Å². The normalized spacial score (nSPS) is 17.7. The van der Waals surface area contributed by atoms with Gasteiger partial charge in [0.2, 0.25) is 5.91 Å². The molecule has 2 aromatic rings. The Hall–Kier alpha value is -3.01. The summed E-state index contributed by atoms with van der Waals surface area (Å²) in [6, 6.07) is 14.7. The van der Waals surface area contributed by atoms with Crippen LogP contribution in [0.4, 0.5) is 0 Å². The van der Waals surface area contributed by atoms with Gasteiger partial charge in [-0.25, -0.2) is 9.59 Å². The smallest absolute Gasteiger partial charge is 0.414 e. The van der Waals surface area contributed by atoms with Crippen molar-refractivity contribution in [2.75, 3.05) is 45.8 Å². The van der Waals surface area contributed by atoms with E-state index >= 15 is 0 Å². The Bertz CT molecular complexity index is 952. The molecular formula is C26H33N3O5S. The SMILES string of the molecule is O=C(C1CCN(Cc2cccs2)CC1)N1CCN(C/C=C/c2ccccc2)CC1.O=C(O)C(=O)O. The minimum absolute atomic E-state index is 0.221. The first-order valence-corrected chi connectivity index (χ1v) is 12.7. The number of hydrogen-bond acceptors (Lipinski definition) is 6. The Balaban J connectivity index is 0.000000509. The lowest BCUT2D eigenvalue weighted by Gasteiger charge is -2.38. The second kappa shape index (κ2) is 13.8. The number of piperidine rings is 1. The number of thiophene rings is 1. The van der Waals surface area contributed by atoms with Crippen LogP contribution in [0.15, 0.2) is 53.9 Å². The summed E-state index contributed by atoms with van der Waals surface area (Å²) < 4.78 is 0. The van der Waals surface area contributed by atoms with Crippen molar-refractivity contribution in [3.05, 3.63) is 64.4 Å². The first-order valence-electron chi connectivity index (χ1n) is 11.9. The van der Waals surface area contributed by atoms with E-state index in [-0.39, 0.29) is 5.92 Å². The molecular weight excluding hydrogens is 466 g/mol. The van der Waals surface area contributed by atoms with Crippen LogP contribution in [0.5, 0.6) is 0 Å². The van der Waals surface area contributed by atoms with Crippen molar-refractivity contribution >= 4 is 35.3 Å². The molecule has 35 heavy (non-hydrogen) atoms. The molecule has 2 N–H and O–H groups in total. The summed E-state index contributed by atoms with van der Waals surface area (Å²) in [4.78, 5) is 39.6. The number of carboxylic acid groups (broad SMARTS) is 2. The van der Waals surface area contributed by atoms with Gasteiger partial charge in [0, 0.05) is 50.1 Å². The third-order valence-corrected chi connectivity index (χ3v) is 7.10. The Morgan fingerprint density at radius 1 is 0.857 bits per heavy atom. The van der Waals surface area contributed by atoms with Gasteiger partial charge in [0.15, 0.2) is 0 Å². The number of likely N-dealkylation sites (tertiary alicyclic amines) is 1. The van der Waals surface area contributed by atoms with E-state index in [9.17, 15) is 4.79 Å². The van der Waals surface area contributed by atoms with E-state index in [0.717, 1.165) is 65.2 Å². The zero-order valence-electron chi connectivity index (χ0n) is 19.8. The second-order valence-corrected chi connectivity index (χ2v) is 9.71. The lowest BCUT2D eigenvalue weighted by Crippen LogP contribution is -2.51. The highest BCUT2D eigenvalue weighted by Gasteiger charge is 2.30. The van der Waals surface area contributed by atoms with Crippen molar-refractivity contribution in [2.45, 2.75) is 19.4 Å². The molecule has 0 atom stereocenters. The standard InChI is InChI=1S/C24H31N3OS.C2H2O4/c28-24(22-10-13-26(14-11-22)20-23-9-5-19-29-23)27-17-15-25(16-18-27)12-4-8-21-6-2-1-3-7-21;3-1(4)2(5)6/h1-9,19,22H,10-18,20H2;(H,3,4)(H,5,6)/b8-4+;. The monoisotopic (exact) mass is 499 g/mol. The molecule has 9 heteroatoms. The number of benzene rings is 1. The minimum Gasteiger partial charge on any atom is -0.473 e. The molecule has 2 aliphatic rings. The van der Waals surface area contributed by atoms with Crippen molar-refractivity contribution in [1.29, 1.82) is 0 Å². The largest absolute Gasteiger partial charge is 0.473 e. The number of rotatable bonds is 6.